The molecule has 1 aromatic heterocycles. The van der Waals surface area contributed by atoms with Crippen LogP contribution in [0.5, 0.6) is 11.5 Å². The van der Waals surface area contributed by atoms with Crippen molar-refractivity contribution in [1.29, 1.82) is 0 Å². The Morgan fingerprint density at radius 1 is 0.921 bits per heavy atom. The number of rotatable bonds is 5. The molecule has 0 bridgehead atoms. The SMILES string of the molecule is COc1ccc(NC(=O)c2cc3ccc4c5ccccc5[nH]c4c3c(N=Nc3ccc(N)cc3)c2O)cc1. The molecule has 6 rings (SSSR count). The molecule has 5 aromatic carbocycles. The Balaban J connectivity index is 1.54. The summed E-state index contributed by atoms with van der Waals surface area (Å²) in [5.41, 5.74) is 9.55. The highest BCUT2D eigenvalue weighted by Crippen LogP contribution is 2.44. The van der Waals surface area contributed by atoms with Crippen molar-refractivity contribution in [2.45, 2.75) is 0 Å². The number of phenols is 1. The van der Waals surface area contributed by atoms with Crippen LogP contribution >= 0.6 is 0 Å². The van der Waals surface area contributed by atoms with Gasteiger partial charge >= 0.3 is 0 Å². The van der Waals surface area contributed by atoms with Gasteiger partial charge in [-0.2, -0.15) is 5.11 Å². The predicted molar refractivity (Wildman–Crippen MR) is 151 cm³/mol. The molecule has 0 saturated heterocycles. The standard InChI is InChI=1S/C30H23N5O3/c1-38-21-13-11-19(12-14-21)32-30(37)24-16-17-6-15-23-22-4-2-3-5-25(22)33-27(23)26(17)28(29(24)36)35-34-20-9-7-18(31)8-10-20/h2-16,33,36H,31H2,1H3,(H,32,37). The third-order valence-corrected chi connectivity index (χ3v) is 6.48. The Bertz CT molecular complexity index is 1860. The van der Waals surface area contributed by atoms with Gasteiger partial charge in [-0.15, -0.1) is 5.11 Å². The maximum Gasteiger partial charge on any atom is 0.259 e. The van der Waals surface area contributed by atoms with Crippen molar-refractivity contribution in [3.63, 3.8) is 0 Å². The van der Waals surface area contributed by atoms with E-state index < -0.39 is 5.91 Å². The number of amides is 1. The number of methoxy groups -OCH3 is 1. The van der Waals surface area contributed by atoms with Crippen molar-refractivity contribution in [1.82, 2.24) is 4.98 Å². The number of nitrogen functional groups attached to an aromatic ring is 1. The topological polar surface area (TPSA) is 125 Å². The van der Waals surface area contributed by atoms with Crippen LogP contribution in [-0.4, -0.2) is 23.1 Å². The molecule has 1 heterocycles. The largest absolute Gasteiger partial charge is 0.505 e. The fraction of sp³-hybridized carbons (Fsp3) is 0.0333. The quantitative estimate of drug-likeness (QED) is 0.145. The van der Waals surface area contributed by atoms with E-state index in [-0.39, 0.29) is 17.0 Å². The number of hydrogen-bond donors (Lipinski definition) is 4. The molecular weight excluding hydrogens is 478 g/mol. The second-order valence-corrected chi connectivity index (χ2v) is 8.85. The molecule has 0 aliphatic rings. The van der Waals surface area contributed by atoms with E-state index in [0.717, 1.165) is 27.2 Å². The maximum atomic E-state index is 13.3. The molecule has 0 spiro atoms. The highest BCUT2D eigenvalue weighted by Gasteiger charge is 2.21. The van der Waals surface area contributed by atoms with Crippen LogP contribution in [0.3, 0.4) is 0 Å². The first-order valence-corrected chi connectivity index (χ1v) is 11.9. The van der Waals surface area contributed by atoms with Crippen LogP contribution < -0.4 is 15.8 Å². The van der Waals surface area contributed by atoms with Crippen molar-refractivity contribution in [2.75, 3.05) is 18.2 Å². The fourth-order valence-electron chi connectivity index (χ4n) is 4.57. The summed E-state index contributed by atoms with van der Waals surface area (Å²) in [4.78, 5) is 16.8. The van der Waals surface area contributed by atoms with E-state index in [1.807, 2.05) is 36.4 Å². The predicted octanol–water partition coefficient (Wildman–Crippen LogP) is 7.44. The molecule has 8 nitrogen and oxygen atoms in total. The minimum Gasteiger partial charge on any atom is -0.505 e. The lowest BCUT2D eigenvalue weighted by Crippen LogP contribution is -2.12. The van der Waals surface area contributed by atoms with Crippen LogP contribution in [0.2, 0.25) is 0 Å². The zero-order chi connectivity index (χ0) is 26.2. The highest BCUT2D eigenvalue weighted by atomic mass is 16.5. The average Bonchev–Trinajstić information content (AvgIpc) is 3.32. The van der Waals surface area contributed by atoms with E-state index in [9.17, 15) is 9.90 Å². The molecule has 0 aliphatic carbocycles. The van der Waals surface area contributed by atoms with E-state index in [1.54, 1.807) is 61.7 Å². The highest BCUT2D eigenvalue weighted by molar-refractivity contribution is 6.22. The molecule has 0 saturated carbocycles. The third kappa shape index (κ3) is 4.04. The average molecular weight is 502 g/mol. The lowest BCUT2D eigenvalue weighted by Gasteiger charge is -2.12. The van der Waals surface area contributed by atoms with Crippen LogP contribution in [0, 0.1) is 0 Å². The number of nitrogens with two attached hydrogens (primary N) is 1. The fourth-order valence-corrected chi connectivity index (χ4v) is 4.57. The summed E-state index contributed by atoms with van der Waals surface area (Å²) in [5, 5.41) is 26.4. The van der Waals surface area contributed by atoms with Crippen LogP contribution in [0.4, 0.5) is 22.7 Å². The number of aromatic nitrogens is 1. The molecule has 8 heteroatoms. The van der Waals surface area contributed by atoms with Gasteiger partial charge in [0.2, 0.25) is 0 Å². The van der Waals surface area contributed by atoms with Crippen LogP contribution in [0.1, 0.15) is 10.4 Å². The number of fused-ring (bicyclic) bond motifs is 5. The number of ether oxygens (including phenoxy) is 1. The number of anilines is 2. The van der Waals surface area contributed by atoms with Gasteiger partial charge in [-0.25, -0.2) is 0 Å². The normalized spacial score (nSPS) is 11.5. The van der Waals surface area contributed by atoms with Gasteiger partial charge in [0.05, 0.1) is 23.9 Å². The number of H-pyrrole nitrogens is 1. The molecule has 186 valence electrons. The zero-order valence-electron chi connectivity index (χ0n) is 20.4. The zero-order valence-corrected chi connectivity index (χ0v) is 20.4. The van der Waals surface area contributed by atoms with Gasteiger partial charge in [0.15, 0.2) is 5.75 Å². The van der Waals surface area contributed by atoms with Crippen LogP contribution in [0.15, 0.2) is 101 Å². The number of carbonyl (C=O) groups is 1. The summed E-state index contributed by atoms with van der Waals surface area (Å²) in [6, 6.07) is 27.4. The Morgan fingerprint density at radius 3 is 2.45 bits per heavy atom. The van der Waals surface area contributed by atoms with Gasteiger partial charge in [0.25, 0.3) is 5.91 Å². The lowest BCUT2D eigenvalue weighted by atomic mass is 10.00. The molecule has 0 unspecified atom stereocenters. The van der Waals surface area contributed by atoms with Gasteiger partial charge in [0, 0.05) is 33.1 Å². The smallest absolute Gasteiger partial charge is 0.259 e. The number of hydrogen-bond acceptors (Lipinski definition) is 6. The van der Waals surface area contributed by atoms with E-state index in [2.05, 4.69) is 20.5 Å². The first-order valence-electron chi connectivity index (χ1n) is 11.9. The number of aromatic amines is 1. The van der Waals surface area contributed by atoms with Crippen molar-refractivity contribution in [3.05, 3.63) is 96.6 Å². The molecule has 38 heavy (non-hydrogen) atoms. The number of azo groups is 1. The van der Waals surface area contributed by atoms with E-state index in [0.29, 0.717) is 28.2 Å². The maximum absolute atomic E-state index is 13.3. The monoisotopic (exact) mass is 501 g/mol. The summed E-state index contributed by atoms with van der Waals surface area (Å²) in [7, 11) is 1.57. The van der Waals surface area contributed by atoms with Gasteiger partial charge in [-0.05, 0) is 66.0 Å². The molecule has 6 aromatic rings. The lowest BCUT2D eigenvalue weighted by molar-refractivity contribution is 0.102. The van der Waals surface area contributed by atoms with Crippen molar-refractivity contribution >= 4 is 61.2 Å². The molecule has 5 N–H and O–H groups in total. The number of benzene rings is 5. The van der Waals surface area contributed by atoms with E-state index in [1.165, 1.54) is 0 Å². The second-order valence-electron chi connectivity index (χ2n) is 8.85. The van der Waals surface area contributed by atoms with Gasteiger partial charge in [0.1, 0.15) is 11.4 Å². The molecular formula is C30H23N5O3. The Hall–Kier alpha value is -5.37. The molecule has 0 aliphatic heterocycles. The summed E-state index contributed by atoms with van der Waals surface area (Å²) >= 11 is 0. The van der Waals surface area contributed by atoms with E-state index >= 15 is 0 Å². The summed E-state index contributed by atoms with van der Waals surface area (Å²) in [6.07, 6.45) is 0. The van der Waals surface area contributed by atoms with Crippen LogP contribution in [0.25, 0.3) is 32.6 Å². The third-order valence-electron chi connectivity index (χ3n) is 6.48. The summed E-state index contributed by atoms with van der Waals surface area (Å²) in [5.74, 6) is -0.0756. The van der Waals surface area contributed by atoms with Gasteiger partial charge in [-0.1, -0.05) is 30.3 Å². The van der Waals surface area contributed by atoms with Crippen LogP contribution in [-0.2, 0) is 0 Å². The first kappa shape index (κ1) is 23.1. The Morgan fingerprint density at radius 2 is 1.68 bits per heavy atom. The molecule has 0 radical (unpaired) electrons. The summed E-state index contributed by atoms with van der Waals surface area (Å²) < 4.78 is 5.18. The second kappa shape index (κ2) is 9.25. The first-order chi connectivity index (χ1) is 18.5. The van der Waals surface area contributed by atoms with Crippen molar-refractivity contribution in [2.24, 2.45) is 10.2 Å². The number of nitrogens with zero attached hydrogens (tertiary/aromatic N) is 2. The van der Waals surface area contributed by atoms with E-state index in [4.69, 9.17) is 10.5 Å². The van der Waals surface area contributed by atoms with Gasteiger partial charge < -0.3 is 25.9 Å². The van der Waals surface area contributed by atoms with Crippen molar-refractivity contribution < 1.29 is 14.6 Å². The number of aromatic hydroxyl groups is 1. The minimum absolute atomic E-state index is 0.0787. The number of phenolic OH excluding ortho intramolecular Hbond substituents is 1. The summed E-state index contributed by atoms with van der Waals surface area (Å²) in [6.45, 7) is 0. The number of para-hydroxylation sites is 1. The number of carbonyl (C=O) groups excluding carboxylic acids is 1. The minimum atomic E-state index is -0.477. The Labute approximate surface area is 217 Å². The number of nitrogens with one attached hydrogen (secondary N) is 2. The Kier molecular flexibility index (Phi) is 5.61. The van der Waals surface area contributed by atoms with Gasteiger partial charge in [-0.3, -0.25) is 4.79 Å². The molecule has 0 fully saturated rings. The molecule has 0 atom stereocenters. The molecule has 1 amide bonds. The van der Waals surface area contributed by atoms with Crippen molar-refractivity contribution in [3.8, 4) is 11.5 Å².